The fourth-order valence-corrected chi connectivity index (χ4v) is 3.78. The number of amides is 1. The summed E-state index contributed by atoms with van der Waals surface area (Å²) in [7, 11) is 0. The van der Waals surface area contributed by atoms with Crippen LogP contribution in [0.15, 0.2) is 24.3 Å². The highest BCUT2D eigenvalue weighted by molar-refractivity contribution is 7.20. The highest BCUT2D eigenvalue weighted by atomic mass is 32.1. The van der Waals surface area contributed by atoms with Gasteiger partial charge in [-0.1, -0.05) is 6.92 Å². The van der Waals surface area contributed by atoms with E-state index in [2.05, 4.69) is 6.92 Å². The van der Waals surface area contributed by atoms with Gasteiger partial charge in [-0.3, -0.25) is 14.9 Å². The van der Waals surface area contributed by atoms with Gasteiger partial charge in [0.15, 0.2) is 0 Å². The molecule has 0 bridgehead atoms. The number of benzene rings is 1. The van der Waals surface area contributed by atoms with Gasteiger partial charge in [-0.2, -0.15) is 0 Å². The van der Waals surface area contributed by atoms with Gasteiger partial charge in [-0.15, -0.1) is 11.3 Å². The Hall–Kier alpha value is -1.99. The number of hydrogen-bond acceptors (Lipinski definition) is 5. The SMILES string of the molecule is CC1(CN)CCN(C(=O)c2cc3cc([N+](=O)[O-])ccc3s2)C1. The minimum absolute atomic E-state index is 0.00880. The second kappa shape index (κ2) is 5.33. The average molecular weight is 319 g/mol. The van der Waals surface area contributed by atoms with Crippen molar-refractivity contribution in [2.24, 2.45) is 11.1 Å². The second-order valence-corrected chi connectivity index (χ2v) is 7.17. The molecule has 1 saturated heterocycles. The summed E-state index contributed by atoms with van der Waals surface area (Å²) in [6.07, 6.45) is 0.908. The Kier molecular flexibility index (Phi) is 3.62. The van der Waals surface area contributed by atoms with E-state index in [1.807, 2.05) is 4.90 Å². The van der Waals surface area contributed by atoms with Gasteiger partial charge in [-0.25, -0.2) is 0 Å². The molecule has 7 heteroatoms. The molecule has 2 aromatic rings. The predicted octanol–water partition coefficient (Wildman–Crippen LogP) is 2.62. The van der Waals surface area contributed by atoms with Crippen LogP contribution in [0.1, 0.15) is 23.0 Å². The molecule has 1 aromatic heterocycles. The van der Waals surface area contributed by atoms with E-state index in [0.29, 0.717) is 24.5 Å². The Morgan fingerprint density at radius 2 is 2.27 bits per heavy atom. The van der Waals surface area contributed by atoms with Crippen molar-refractivity contribution in [1.29, 1.82) is 0 Å². The molecule has 0 spiro atoms. The third kappa shape index (κ3) is 2.57. The van der Waals surface area contributed by atoms with Crippen LogP contribution in [0.4, 0.5) is 5.69 Å². The number of carbonyl (C=O) groups excluding carboxylic acids is 1. The molecule has 1 aliphatic heterocycles. The summed E-state index contributed by atoms with van der Waals surface area (Å²) in [5.41, 5.74) is 5.81. The van der Waals surface area contributed by atoms with Gasteiger partial charge in [0.1, 0.15) is 0 Å². The summed E-state index contributed by atoms with van der Waals surface area (Å²) in [6, 6.07) is 6.42. The van der Waals surface area contributed by atoms with Gasteiger partial charge in [0, 0.05) is 35.3 Å². The first-order valence-corrected chi connectivity index (χ1v) is 7.91. The molecular weight excluding hydrogens is 302 g/mol. The van der Waals surface area contributed by atoms with Crippen LogP contribution in [0.2, 0.25) is 0 Å². The van der Waals surface area contributed by atoms with Gasteiger partial charge < -0.3 is 10.6 Å². The number of nitro benzene ring substituents is 1. The zero-order chi connectivity index (χ0) is 15.9. The number of nitrogens with two attached hydrogens (primary N) is 1. The zero-order valence-electron chi connectivity index (χ0n) is 12.2. The molecule has 2 N–H and O–H groups in total. The summed E-state index contributed by atoms with van der Waals surface area (Å²) in [4.78, 5) is 25.4. The van der Waals surface area contributed by atoms with Crippen molar-refractivity contribution in [2.75, 3.05) is 19.6 Å². The van der Waals surface area contributed by atoms with Crippen molar-refractivity contribution in [3.8, 4) is 0 Å². The minimum Gasteiger partial charge on any atom is -0.337 e. The number of carbonyl (C=O) groups is 1. The Morgan fingerprint density at radius 1 is 1.50 bits per heavy atom. The lowest BCUT2D eigenvalue weighted by molar-refractivity contribution is -0.384. The van der Waals surface area contributed by atoms with Crippen molar-refractivity contribution in [2.45, 2.75) is 13.3 Å². The number of thiophene rings is 1. The topological polar surface area (TPSA) is 89.5 Å². The molecule has 1 atom stereocenters. The van der Waals surface area contributed by atoms with E-state index in [1.165, 1.54) is 23.5 Å². The molecule has 1 unspecified atom stereocenters. The van der Waals surface area contributed by atoms with Crippen LogP contribution in [-0.2, 0) is 0 Å². The molecule has 1 aromatic carbocycles. The van der Waals surface area contributed by atoms with E-state index in [1.54, 1.807) is 12.1 Å². The maximum Gasteiger partial charge on any atom is 0.270 e. The van der Waals surface area contributed by atoms with Crippen LogP contribution in [0.25, 0.3) is 10.1 Å². The third-order valence-electron chi connectivity index (χ3n) is 4.26. The summed E-state index contributed by atoms with van der Waals surface area (Å²) >= 11 is 1.38. The first-order chi connectivity index (χ1) is 10.4. The molecule has 1 fully saturated rings. The highest BCUT2D eigenvalue weighted by Gasteiger charge is 2.35. The average Bonchev–Trinajstić information content (AvgIpc) is 3.10. The molecule has 0 radical (unpaired) electrons. The molecule has 6 nitrogen and oxygen atoms in total. The van der Waals surface area contributed by atoms with Crippen molar-refractivity contribution in [3.05, 3.63) is 39.3 Å². The lowest BCUT2D eigenvalue weighted by Crippen LogP contribution is -2.34. The van der Waals surface area contributed by atoms with Crippen LogP contribution in [0, 0.1) is 15.5 Å². The monoisotopic (exact) mass is 319 g/mol. The largest absolute Gasteiger partial charge is 0.337 e. The van der Waals surface area contributed by atoms with Gasteiger partial charge in [0.05, 0.1) is 9.80 Å². The summed E-state index contributed by atoms with van der Waals surface area (Å²) in [5.74, 6) is -0.0129. The second-order valence-electron chi connectivity index (χ2n) is 6.08. The molecular formula is C15H17N3O3S. The number of hydrogen-bond donors (Lipinski definition) is 1. The highest BCUT2D eigenvalue weighted by Crippen LogP contribution is 2.33. The van der Waals surface area contributed by atoms with Gasteiger partial charge in [0.2, 0.25) is 0 Å². The number of rotatable bonds is 3. The summed E-state index contributed by atoms with van der Waals surface area (Å²) in [6.45, 7) is 4.03. The lowest BCUT2D eigenvalue weighted by Gasteiger charge is -2.22. The lowest BCUT2D eigenvalue weighted by atomic mass is 9.90. The maximum atomic E-state index is 12.6. The van der Waals surface area contributed by atoms with E-state index in [-0.39, 0.29) is 17.0 Å². The standard InChI is InChI=1S/C15H17N3O3S/c1-15(8-16)4-5-17(9-15)14(19)13-7-10-6-11(18(20)21)2-3-12(10)22-13/h2-3,6-7H,4-5,8-9,16H2,1H3. The number of non-ortho nitro benzene ring substituents is 1. The van der Waals surface area contributed by atoms with Crippen LogP contribution < -0.4 is 5.73 Å². The van der Waals surface area contributed by atoms with Crippen molar-refractivity contribution in [3.63, 3.8) is 0 Å². The van der Waals surface area contributed by atoms with E-state index >= 15 is 0 Å². The van der Waals surface area contributed by atoms with Crippen molar-refractivity contribution in [1.82, 2.24) is 4.90 Å². The van der Waals surface area contributed by atoms with E-state index in [9.17, 15) is 14.9 Å². The minimum atomic E-state index is -0.425. The summed E-state index contributed by atoms with van der Waals surface area (Å²) in [5, 5.41) is 11.6. The van der Waals surface area contributed by atoms with Crippen LogP contribution in [0.3, 0.4) is 0 Å². The van der Waals surface area contributed by atoms with Crippen LogP contribution in [-0.4, -0.2) is 35.4 Å². The van der Waals surface area contributed by atoms with E-state index in [0.717, 1.165) is 16.5 Å². The van der Waals surface area contributed by atoms with Crippen LogP contribution >= 0.6 is 11.3 Å². The predicted molar refractivity (Wildman–Crippen MR) is 86.2 cm³/mol. The molecule has 1 amide bonds. The molecule has 116 valence electrons. The fraction of sp³-hybridized carbons (Fsp3) is 0.400. The molecule has 0 aliphatic carbocycles. The Bertz CT molecular complexity index is 758. The third-order valence-corrected chi connectivity index (χ3v) is 5.36. The van der Waals surface area contributed by atoms with Gasteiger partial charge >= 0.3 is 0 Å². The normalized spacial score (nSPS) is 21.5. The Morgan fingerprint density at radius 3 is 2.91 bits per heavy atom. The first kappa shape index (κ1) is 14.9. The van der Waals surface area contributed by atoms with E-state index in [4.69, 9.17) is 5.73 Å². The number of nitrogens with zero attached hydrogens (tertiary/aromatic N) is 2. The zero-order valence-corrected chi connectivity index (χ0v) is 13.1. The molecule has 0 saturated carbocycles. The van der Waals surface area contributed by atoms with Crippen molar-refractivity contribution >= 4 is 33.0 Å². The fourth-order valence-electron chi connectivity index (χ4n) is 2.77. The molecule has 2 heterocycles. The van der Waals surface area contributed by atoms with E-state index < -0.39 is 4.92 Å². The Labute approximate surface area is 131 Å². The van der Waals surface area contributed by atoms with Crippen LogP contribution in [0.5, 0.6) is 0 Å². The number of fused-ring (bicyclic) bond motifs is 1. The maximum absolute atomic E-state index is 12.6. The number of likely N-dealkylation sites (tertiary alicyclic amines) is 1. The molecule has 22 heavy (non-hydrogen) atoms. The first-order valence-electron chi connectivity index (χ1n) is 7.09. The molecule has 1 aliphatic rings. The van der Waals surface area contributed by atoms with Gasteiger partial charge in [-0.05, 0) is 30.5 Å². The van der Waals surface area contributed by atoms with Gasteiger partial charge in [0.25, 0.3) is 11.6 Å². The summed E-state index contributed by atoms with van der Waals surface area (Å²) < 4.78 is 0.884. The van der Waals surface area contributed by atoms with Crippen molar-refractivity contribution < 1.29 is 9.72 Å². The number of nitro groups is 1. The molecule has 3 rings (SSSR count). The smallest absolute Gasteiger partial charge is 0.270 e. The quantitative estimate of drug-likeness (QED) is 0.695. The Balaban J connectivity index is 1.87.